The summed E-state index contributed by atoms with van der Waals surface area (Å²) in [5, 5.41) is 2.78. The molecule has 2 N–H and O–H groups in total. The monoisotopic (exact) mass is 552 g/mol. The molecule has 178 valence electrons. The Kier molecular flexibility index (Phi) is 8.48. The lowest BCUT2D eigenvalue weighted by atomic mass is 9.99. The Balaban J connectivity index is 1.59. The fourth-order valence-corrected chi connectivity index (χ4v) is 5.19. The molecule has 0 fully saturated rings. The maximum Gasteiger partial charge on any atom is 0.321 e. The molecule has 11 heteroatoms. The van der Waals surface area contributed by atoms with Gasteiger partial charge in [-0.15, -0.1) is 0 Å². The summed E-state index contributed by atoms with van der Waals surface area (Å²) in [5.41, 5.74) is 1.63. The van der Waals surface area contributed by atoms with Crippen LogP contribution in [0.25, 0.3) is 0 Å². The van der Waals surface area contributed by atoms with Crippen LogP contribution in [-0.4, -0.2) is 33.4 Å². The Morgan fingerprint density at radius 3 is 2.03 bits per heavy atom. The molecule has 3 aromatic carbocycles. The van der Waals surface area contributed by atoms with Crippen molar-refractivity contribution in [3.05, 3.63) is 100 Å². The number of benzene rings is 3. The van der Waals surface area contributed by atoms with Gasteiger partial charge in [0.05, 0.1) is 6.04 Å². The second kappa shape index (κ2) is 11.3. The molecule has 0 spiro atoms. The highest BCUT2D eigenvalue weighted by atomic mass is 79.9. The first-order valence-electron chi connectivity index (χ1n) is 9.86. The molecule has 0 saturated carbocycles. The van der Waals surface area contributed by atoms with Crippen molar-refractivity contribution < 1.29 is 31.5 Å². The average molecular weight is 553 g/mol. The van der Waals surface area contributed by atoms with E-state index in [4.69, 9.17) is 4.74 Å². The zero-order valence-electron chi connectivity index (χ0n) is 17.5. The van der Waals surface area contributed by atoms with Gasteiger partial charge in [-0.1, -0.05) is 60.7 Å². The van der Waals surface area contributed by atoms with Crippen LogP contribution in [0.5, 0.6) is 0 Å². The van der Waals surface area contributed by atoms with Gasteiger partial charge in [0.25, 0.3) is 5.91 Å². The molecule has 0 bridgehead atoms. The summed E-state index contributed by atoms with van der Waals surface area (Å²) in [7, 11) is -4.50. The molecule has 3 aromatic rings. The molecule has 1 amide bonds. The first-order valence-corrected chi connectivity index (χ1v) is 12.1. The maximum absolute atomic E-state index is 13.9. The molecule has 0 aliphatic carbocycles. The summed E-state index contributed by atoms with van der Waals surface area (Å²) >= 11 is 2.78. The topological polar surface area (TPSA) is 102 Å². The first kappa shape index (κ1) is 25.5. The van der Waals surface area contributed by atoms with E-state index in [1.807, 2.05) is 65.4 Å². The SMILES string of the molecule is O=C(COC(=O)CNS(=O)(=O)c1c(F)cc(F)cc1Br)NC(c1ccccc1)c1ccccc1. The number of carbonyl (C=O) groups excluding carboxylic acids is 2. The number of hydrogen-bond acceptors (Lipinski definition) is 5. The molecule has 0 unspecified atom stereocenters. The van der Waals surface area contributed by atoms with Crippen molar-refractivity contribution in [3.8, 4) is 0 Å². The molecule has 0 saturated heterocycles. The van der Waals surface area contributed by atoms with E-state index in [1.165, 1.54) is 0 Å². The van der Waals surface area contributed by atoms with Gasteiger partial charge in [0.15, 0.2) is 6.61 Å². The smallest absolute Gasteiger partial charge is 0.321 e. The van der Waals surface area contributed by atoms with Crippen molar-refractivity contribution in [2.45, 2.75) is 10.9 Å². The first-order chi connectivity index (χ1) is 16.2. The fraction of sp³-hybridized carbons (Fsp3) is 0.130. The molecule has 0 aromatic heterocycles. The zero-order valence-corrected chi connectivity index (χ0v) is 19.9. The van der Waals surface area contributed by atoms with E-state index in [9.17, 15) is 26.8 Å². The lowest BCUT2D eigenvalue weighted by Gasteiger charge is -2.20. The Morgan fingerprint density at radius 1 is 0.941 bits per heavy atom. The van der Waals surface area contributed by atoms with E-state index in [2.05, 4.69) is 21.2 Å². The van der Waals surface area contributed by atoms with Crippen LogP contribution < -0.4 is 10.0 Å². The number of carbonyl (C=O) groups is 2. The summed E-state index contributed by atoms with van der Waals surface area (Å²) < 4.78 is 58.1. The Bertz CT molecular complexity index is 1210. The number of rotatable bonds is 9. The highest BCUT2D eigenvalue weighted by Crippen LogP contribution is 2.26. The third-order valence-electron chi connectivity index (χ3n) is 4.57. The lowest BCUT2D eigenvalue weighted by molar-refractivity contribution is -0.147. The predicted octanol–water partition coefficient (Wildman–Crippen LogP) is 3.45. The largest absolute Gasteiger partial charge is 0.455 e. The number of nitrogens with one attached hydrogen (secondary N) is 2. The van der Waals surface area contributed by atoms with Crippen LogP contribution in [0.15, 0.2) is 82.2 Å². The fourth-order valence-electron chi connectivity index (χ4n) is 3.06. The second-order valence-corrected chi connectivity index (χ2v) is 9.56. The van der Waals surface area contributed by atoms with Gasteiger partial charge in [-0.2, -0.15) is 4.72 Å². The second-order valence-electron chi connectivity index (χ2n) is 7.01. The zero-order chi connectivity index (χ0) is 24.7. The quantitative estimate of drug-likeness (QED) is 0.396. The minimum atomic E-state index is -4.50. The van der Waals surface area contributed by atoms with Gasteiger partial charge in [-0.3, -0.25) is 9.59 Å². The van der Waals surface area contributed by atoms with Gasteiger partial charge in [0, 0.05) is 10.5 Å². The van der Waals surface area contributed by atoms with E-state index >= 15 is 0 Å². The van der Waals surface area contributed by atoms with Crippen molar-refractivity contribution in [1.29, 1.82) is 0 Å². The molecule has 0 atom stereocenters. The van der Waals surface area contributed by atoms with Crippen molar-refractivity contribution in [2.24, 2.45) is 0 Å². The molecular weight excluding hydrogens is 534 g/mol. The Hall–Kier alpha value is -3.15. The molecule has 0 aliphatic heterocycles. The van der Waals surface area contributed by atoms with E-state index < -0.39 is 57.6 Å². The number of esters is 1. The standard InChI is InChI=1S/C23H19BrF2N2O5S/c24-18-11-17(25)12-19(26)23(18)34(31,32)27-13-21(30)33-14-20(29)28-22(15-7-3-1-4-8-15)16-9-5-2-6-10-16/h1-12,22,27H,13-14H2,(H,28,29). The van der Waals surface area contributed by atoms with Gasteiger partial charge in [0.2, 0.25) is 10.0 Å². The van der Waals surface area contributed by atoms with Crippen LogP contribution in [0.2, 0.25) is 0 Å². The van der Waals surface area contributed by atoms with Gasteiger partial charge in [-0.25, -0.2) is 17.2 Å². The van der Waals surface area contributed by atoms with Crippen molar-refractivity contribution in [3.63, 3.8) is 0 Å². The van der Waals surface area contributed by atoms with Crippen LogP contribution >= 0.6 is 15.9 Å². The van der Waals surface area contributed by atoms with Gasteiger partial charge in [-0.05, 0) is 33.1 Å². The van der Waals surface area contributed by atoms with Crippen LogP contribution in [0, 0.1) is 11.6 Å². The number of ether oxygens (including phenoxy) is 1. The number of halogens is 3. The predicted molar refractivity (Wildman–Crippen MR) is 123 cm³/mol. The molecule has 34 heavy (non-hydrogen) atoms. The third kappa shape index (κ3) is 6.69. The Morgan fingerprint density at radius 2 is 1.50 bits per heavy atom. The normalized spacial score (nSPS) is 11.3. The maximum atomic E-state index is 13.9. The molecule has 0 heterocycles. The van der Waals surface area contributed by atoms with Gasteiger partial charge < -0.3 is 10.1 Å². The van der Waals surface area contributed by atoms with E-state index in [0.717, 1.165) is 17.2 Å². The highest BCUT2D eigenvalue weighted by molar-refractivity contribution is 9.10. The van der Waals surface area contributed by atoms with Crippen molar-refractivity contribution >= 4 is 37.8 Å². The molecule has 0 aliphatic rings. The van der Waals surface area contributed by atoms with Crippen LogP contribution in [0.3, 0.4) is 0 Å². The molecule has 7 nitrogen and oxygen atoms in total. The molecule has 0 radical (unpaired) electrons. The summed E-state index contributed by atoms with van der Waals surface area (Å²) in [4.78, 5) is 23.6. The van der Waals surface area contributed by atoms with Crippen LogP contribution in [-0.2, 0) is 24.3 Å². The van der Waals surface area contributed by atoms with Crippen molar-refractivity contribution in [2.75, 3.05) is 13.2 Å². The van der Waals surface area contributed by atoms with Crippen molar-refractivity contribution in [1.82, 2.24) is 10.0 Å². The van der Waals surface area contributed by atoms with Gasteiger partial charge in [0.1, 0.15) is 23.1 Å². The highest BCUT2D eigenvalue weighted by Gasteiger charge is 2.25. The summed E-state index contributed by atoms with van der Waals surface area (Å²) in [6.07, 6.45) is 0. The van der Waals surface area contributed by atoms with Crippen LogP contribution in [0.4, 0.5) is 8.78 Å². The summed E-state index contributed by atoms with van der Waals surface area (Å²) in [6.45, 7) is -1.52. The van der Waals surface area contributed by atoms with Gasteiger partial charge >= 0.3 is 5.97 Å². The third-order valence-corrected chi connectivity index (χ3v) is 6.94. The van der Waals surface area contributed by atoms with Crippen LogP contribution in [0.1, 0.15) is 17.2 Å². The summed E-state index contributed by atoms with van der Waals surface area (Å²) in [6, 6.07) is 19.0. The van der Waals surface area contributed by atoms with E-state index in [0.29, 0.717) is 6.07 Å². The number of hydrogen-bond donors (Lipinski definition) is 2. The summed E-state index contributed by atoms with van der Waals surface area (Å²) in [5.74, 6) is -3.98. The average Bonchev–Trinajstić information content (AvgIpc) is 2.80. The Labute approximate surface area is 203 Å². The molecule has 3 rings (SSSR count). The number of amides is 1. The number of sulfonamides is 1. The minimum absolute atomic E-state index is 0.349. The van der Waals surface area contributed by atoms with E-state index in [-0.39, 0.29) is 4.47 Å². The lowest BCUT2D eigenvalue weighted by Crippen LogP contribution is -2.36. The minimum Gasteiger partial charge on any atom is -0.455 e. The molecular formula is C23H19BrF2N2O5S. The van der Waals surface area contributed by atoms with E-state index in [1.54, 1.807) is 0 Å².